The lowest BCUT2D eigenvalue weighted by Crippen LogP contribution is -3.19. The lowest BCUT2D eigenvalue weighted by molar-refractivity contribution is -0.938. The summed E-state index contributed by atoms with van der Waals surface area (Å²) in [5.41, 5.74) is -2.54. The number of carboxylic acid groups (broad SMARTS) is 1. The number of carboxylic acids is 1. The van der Waals surface area contributed by atoms with Gasteiger partial charge in [-0.3, -0.25) is 20.2 Å². The fourth-order valence-corrected chi connectivity index (χ4v) is 3.37. The van der Waals surface area contributed by atoms with Gasteiger partial charge in [-0.15, -0.1) is 0 Å². The molecule has 1 saturated heterocycles. The third kappa shape index (κ3) is 2.03. The highest BCUT2D eigenvalue weighted by Crippen LogP contribution is 2.40. The van der Waals surface area contributed by atoms with E-state index in [9.17, 15) is 30.1 Å². The molecule has 0 saturated carbocycles. The number of quaternary nitrogens is 1. The molecule has 0 aromatic rings. The van der Waals surface area contributed by atoms with E-state index < -0.39 is 33.4 Å². The smallest absolute Gasteiger partial charge is 0.297 e. The number of hydrogen-bond acceptors (Lipinski definition) is 6. The van der Waals surface area contributed by atoms with E-state index in [2.05, 4.69) is 0 Å². The highest BCUT2D eigenvalue weighted by molar-refractivity contribution is 5.65. The zero-order chi connectivity index (χ0) is 15.1. The van der Waals surface area contributed by atoms with E-state index in [0.717, 1.165) is 0 Å². The maximum Gasteiger partial charge on any atom is 0.297 e. The second kappa shape index (κ2) is 4.51. The first-order valence-corrected chi connectivity index (χ1v) is 6.21. The molecular formula is C11H15N3O6. The van der Waals surface area contributed by atoms with Crippen LogP contribution in [0.15, 0.2) is 11.6 Å². The first-order chi connectivity index (χ1) is 9.22. The van der Waals surface area contributed by atoms with Gasteiger partial charge in [0, 0.05) is 21.8 Å². The van der Waals surface area contributed by atoms with Crippen molar-refractivity contribution >= 4 is 5.97 Å². The molecule has 0 aromatic carbocycles. The Morgan fingerprint density at radius 3 is 2.50 bits per heavy atom. The summed E-state index contributed by atoms with van der Waals surface area (Å²) in [5.74, 6) is -1.36. The molecule has 0 amide bonds. The average Bonchev–Trinajstić information content (AvgIpc) is 2.33. The number of nitrogens with zero attached hydrogens (tertiary/aromatic N) is 2. The Morgan fingerprint density at radius 2 is 2.00 bits per heavy atom. The zero-order valence-electron chi connectivity index (χ0n) is 11.0. The standard InChI is InChI=1S/C11H15N3O6/c1-8-2-3-10(13(17)18)5-11(8,14(19)20)7-12(6-10)4-9(15)16/h2H,3-7H2,1H3,(H,15,16). The van der Waals surface area contributed by atoms with Crippen molar-refractivity contribution in [1.82, 2.24) is 0 Å². The van der Waals surface area contributed by atoms with Crippen LogP contribution < -0.4 is 10.0 Å². The number of nitrogens with one attached hydrogen (secondary N) is 1. The van der Waals surface area contributed by atoms with Crippen LogP contribution in [-0.4, -0.2) is 46.5 Å². The van der Waals surface area contributed by atoms with Gasteiger partial charge in [0.05, 0.1) is 5.97 Å². The summed E-state index contributed by atoms with van der Waals surface area (Å²) in [5, 5.41) is 33.6. The fourth-order valence-electron chi connectivity index (χ4n) is 3.37. The zero-order valence-corrected chi connectivity index (χ0v) is 11.0. The van der Waals surface area contributed by atoms with Gasteiger partial charge in [0.2, 0.25) is 0 Å². The normalized spacial score (nSPS) is 36.0. The minimum atomic E-state index is -1.55. The summed E-state index contributed by atoms with van der Waals surface area (Å²) in [6.45, 7) is 1.02. The summed E-state index contributed by atoms with van der Waals surface area (Å²) in [6.07, 6.45) is 1.46. The van der Waals surface area contributed by atoms with Gasteiger partial charge in [-0.1, -0.05) is 6.08 Å². The van der Waals surface area contributed by atoms with Gasteiger partial charge < -0.3 is 14.8 Å². The largest absolute Gasteiger partial charge is 0.544 e. The summed E-state index contributed by atoms with van der Waals surface area (Å²) in [6, 6.07) is 0. The van der Waals surface area contributed by atoms with Gasteiger partial charge in [-0.05, 0) is 6.92 Å². The van der Waals surface area contributed by atoms with Crippen molar-refractivity contribution in [2.24, 2.45) is 0 Å². The Morgan fingerprint density at radius 1 is 1.35 bits per heavy atom. The Hall–Kier alpha value is -2.03. The minimum Gasteiger partial charge on any atom is -0.544 e. The molecule has 1 aliphatic carbocycles. The topological polar surface area (TPSA) is 131 Å². The van der Waals surface area contributed by atoms with Crippen molar-refractivity contribution in [3.63, 3.8) is 0 Å². The van der Waals surface area contributed by atoms with Crippen molar-refractivity contribution in [3.8, 4) is 0 Å². The van der Waals surface area contributed by atoms with Crippen LogP contribution in [0.2, 0.25) is 0 Å². The quantitative estimate of drug-likeness (QED) is 0.342. The second-order valence-electron chi connectivity index (χ2n) is 5.69. The molecule has 0 aromatic heterocycles. The van der Waals surface area contributed by atoms with Crippen LogP contribution in [0.25, 0.3) is 0 Å². The van der Waals surface area contributed by atoms with Crippen molar-refractivity contribution in [3.05, 3.63) is 31.9 Å². The number of hydrogen-bond donors (Lipinski definition) is 1. The number of fused-ring (bicyclic) bond motifs is 2. The molecule has 3 atom stereocenters. The molecule has 0 radical (unpaired) electrons. The van der Waals surface area contributed by atoms with Crippen molar-refractivity contribution in [2.45, 2.75) is 30.8 Å². The number of nitro groups is 2. The molecule has 110 valence electrons. The van der Waals surface area contributed by atoms with Crippen LogP contribution in [-0.2, 0) is 4.79 Å². The van der Waals surface area contributed by atoms with Crippen molar-refractivity contribution < 1.29 is 24.6 Å². The fraction of sp³-hybridized carbons (Fsp3) is 0.727. The van der Waals surface area contributed by atoms with Crippen molar-refractivity contribution in [1.29, 1.82) is 0 Å². The maximum atomic E-state index is 11.5. The van der Waals surface area contributed by atoms with Gasteiger partial charge in [-0.2, -0.15) is 0 Å². The molecule has 2 aliphatic rings. The number of rotatable bonds is 4. The summed E-state index contributed by atoms with van der Waals surface area (Å²) < 4.78 is 0. The molecule has 1 fully saturated rings. The van der Waals surface area contributed by atoms with Crippen LogP contribution in [0.4, 0.5) is 0 Å². The first-order valence-electron chi connectivity index (χ1n) is 6.21. The molecule has 1 aliphatic heterocycles. The summed E-state index contributed by atoms with van der Waals surface area (Å²) >= 11 is 0. The molecular weight excluding hydrogens is 270 g/mol. The van der Waals surface area contributed by atoms with E-state index in [0.29, 0.717) is 10.5 Å². The van der Waals surface area contributed by atoms with Crippen LogP contribution in [0.3, 0.4) is 0 Å². The Labute approximate surface area is 114 Å². The summed E-state index contributed by atoms with van der Waals surface area (Å²) in [4.78, 5) is 32.9. The van der Waals surface area contributed by atoms with Crippen LogP contribution in [0.5, 0.6) is 0 Å². The van der Waals surface area contributed by atoms with Gasteiger partial charge in [0.15, 0.2) is 6.54 Å². The van der Waals surface area contributed by atoms with Crippen molar-refractivity contribution in [2.75, 3.05) is 19.6 Å². The van der Waals surface area contributed by atoms with E-state index in [1.807, 2.05) is 0 Å². The van der Waals surface area contributed by atoms with Gasteiger partial charge in [0.25, 0.3) is 11.1 Å². The molecule has 1 heterocycles. The lowest BCUT2D eigenvalue weighted by Gasteiger charge is -2.43. The number of piperidine rings is 1. The predicted octanol–water partition coefficient (Wildman–Crippen LogP) is -2.59. The predicted molar refractivity (Wildman–Crippen MR) is 63.0 cm³/mol. The molecule has 9 heteroatoms. The molecule has 0 spiro atoms. The third-order valence-electron chi connectivity index (χ3n) is 4.40. The number of aliphatic carboxylic acids is 1. The van der Waals surface area contributed by atoms with E-state index in [1.54, 1.807) is 13.0 Å². The van der Waals surface area contributed by atoms with E-state index in [4.69, 9.17) is 0 Å². The molecule has 9 nitrogen and oxygen atoms in total. The monoisotopic (exact) mass is 285 g/mol. The Balaban J connectivity index is 2.47. The average molecular weight is 285 g/mol. The molecule has 20 heavy (non-hydrogen) atoms. The van der Waals surface area contributed by atoms with Gasteiger partial charge in [-0.25, -0.2) is 0 Å². The number of carbonyl (C=O) groups excluding carboxylic acids is 1. The van der Waals surface area contributed by atoms with Gasteiger partial charge in [0.1, 0.15) is 19.5 Å². The third-order valence-corrected chi connectivity index (χ3v) is 4.40. The minimum absolute atomic E-state index is 0.0344. The van der Waals surface area contributed by atoms with E-state index in [-0.39, 0.29) is 25.9 Å². The number of likely N-dealkylation sites (tertiary alicyclic amines) is 1. The van der Waals surface area contributed by atoms with Gasteiger partial charge >= 0.3 is 0 Å². The lowest BCUT2D eigenvalue weighted by atomic mass is 9.68. The molecule has 1 N–H and O–H groups in total. The molecule has 3 unspecified atom stereocenters. The first kappa shape index (κ1) is 14.4. The van der Waals surface area contributed by atoms with Crippen LogP contribution in [0, 0.1) is 20.2 Å². The van der Waals surface area contributed by atoms with Crippen LogP contribution in [0.1, 0.15) is 19.8 Å². The SMILES string of the molecule is CC1=CCC2([N+](=O)[O-])C[NH+](CC(=O)[O-])CC1([N+](=O)[O-])C2. The summed E-state index contributed by atoms with van der Waals surface area (Å²) in [7, 11) is 0. The maximum absolute atomic E-state index is 11.5. The Kier molecular flexibility index (Phi) is 3.24. The highest BCUT2D eigenvalue weighted by Gasteiger charge is 2.67. The Bertz CT molecular complexity index is 518. The molecule has 2 rings (SSSR count). The van der Waals surface area contributed by atoms with Crippen LogP contribution >= 0.6 is 0 Å². The van der Waals surface area contributed by atoms with E-state index in [1.165, 1.54) is 0 Å². The van der Waals surface area contributed by atoms with E-state index >= 15 is 0 Å². The second-order valence-corrected chi connectivity index (χ2v) is 5.69. The number of carbonyl (C=O) groups is 1. The highest BCUT2D eigenvalue weighted by atomic mass is 16.6. The molecule has 2 bridgehead atoms.